The van der Waals surface area contributed by atoms with E-state index in [9.17, 15) is 13.2 Å². The van der Waals surface area contributed by atoms with Crippen molar-refractivity contribution < 1.29 is 13.2 Å². The van der Waals surface area contributed by atoms with E-state index in [-0.39, 0.29) is 11.3 Å². The Labute approximate surface area is 211 Å². The number of imidazole rings is 1. The smallest absolute Gasteiger partial charge is 0.311 e. The number of nitrogens with zero attached hydrogens (tertiary/aromatic N) is 6. The highest BCUT2D eigenvalue weighted by Gasteiger charge is 2.35. The Bertz CT molecular complexity index is 1650. The minimum Gasteiger partial charge on any atom is -0.311 e. The van der Waals surface area contributed by atoms with Crippen LogP contribution in [0.2, 0.25) is 0 Å². The van der Waals surface area contributed by atoms with Crippen LogP contribution in [0.25, 0.3) is 28.2 Å². The Morgan fingerprint density at radius 2 is 1.73 bits per heavy atom. The highest BCUT2D eigenvalue weighted by atomic mass is 19.4. The number of rotatable bonds is 5. The fourth-order valence-electron chi connectivity index (χ4n) is 4.50. The van der Waals surface area contributed by atoms with Crippen LogP contribution < -0.4 is 5.62 Å². The zero-order valence-electron chi connectivity index (χ0n) is 20.9. The first-order valence-electron chi connectivity index (χ1n) is 11.8. The third-order valence-electron chi connectivity index (χ3n) is 6.41. The van der Waals surface area contributed by atoms with Gasteiger partial charge in [0.05, 0.1) is 24.1 Å². The van der Waals surface area contributed by atoms with Gasteiger partial charge in [-0.2, -0.15) is 18.3 Å². The molecule has 0 radical (unpaired) electrons. The van der Waals surface area contributed by atoms with Crippen molar-refractivity contribution in [1.29, 1.82) is 5.41 Å². The maximum Gasteiger partial charge on any atom is 0.433 e. The van der Waals surface area contributed by atoms with Crippen LogP contribution in [-0.2, 0) is 19.8 Å². The van der Waals surface area contributed by atoms with Crippen molar-refractivity contribution in [1.82, 2.24) is 28.9 Å². The number of halogens is 3. The van der Waals surface area contributed by atoms with Crippen LogP contribution in [0, 0.1) is 12.3 Å². The summed E-state index contributed by atoms with van der Waals surface area (Å²) in [4.78, 5) is 9.43. The predicted octanol–water partition coefficient (Wildman–Crippen LogP) is 5.60. The summed E-state index contributed by atoms with van der Waals surface area (Å²) in [6, 6.07) is 15.7. The van der Waals surface area contributed by atoms with E-state index in [0.29, 0.717) is 35.1 Å². The molecule has 37 heavy (non-hydrogen) atoms. The van der Waals surface area contributed by atoms with Gasteiger partial charge in [-0.15, -0.1) is 0 Å². The molecular formula is C27H26F3N7. The summed E-state index contributed by atoms with van der Waals surface area (Å²) in [5.74, 6) is 0.875. The first kappa shape index (κ1) is 24.5. The summed E-state index contributed by atoms with van der Waals surface area (Å²) in [5, 5.41) is 12.7. The van der Waals surface area contributed by atoms with E-state index < -0.39 is 11.9 Å². The molecule has 0 saturated heterocycles. The molecule has 0 aliphatic carbocycles. The average Bonchev–Trinajstić information content (AvgIpc) is 3.38. The molecule has 10 heteroatoms. The average molecular weight is 506 g/mol. The first-order chi connectivity index (χ1) is 17.5. The van der Waals surface area contributed by atoms with Crippen LogP contribution in [0.15, 0.2) is 60.8 Å². The largest absolute Gasteiger partial charge is 0.433 e. The molecule has 1 N–H and O–H groups in total. The molecule has 190 valence electrons. The van der Waals surface area contributed by atoms with Crippen molar-refractivity contribution in [3.63, 3.8) is 0 Å². The SMILES string of the molecule is Cc1cc(C(F)(F)F)n(-c2ccc(Cn3c(=N)n(C)c4cnc(-c5ccccc5C(C)C)nc43)cc2)n1. The lowest BCUT2D eigenvalue weighted by Gasteiger charge is -2.12. The number of aryl methyl sites for hydroxylation is 2. The minimum absolute atomic E-state index is 0.240. The Kier molecular flexibility index (Phi) is 5.97. The van der Waals surface area contributed by atoms with Crippen LogP contribution in [-0.4, -0.2) is 28.9 Å². The van der Waals surface area contributed by atoms with Crippen molar-refractivity contribution in [2.75, 3.05) is 0 Å². The van der Waals surface area contributed by atoms with Gasteiger partial charge in [0.25, 0.3) is 0 Å². The lowest BCUT2D eigenvalue weighted by molar-refractivity contribution is -0.142. The molecule has 7 nitrogen and oxygen atoms in total. The highest BCUT2D eigenvalue weighted by Crippen LogP contribution is 2.32. The summed E-state index contributed by atoms with van der Waals surface area (Å²) in [5.41, 5.74) is 4.25. The number of benzene rings is 2. The lowest BCUT2D eigenvalue weighted by atomic mass is 9.97. The molecule has 0 aliphatic rings. The molecule has 0 fully saturated rings. The van der Waals surface area contributed by atoms with E-state index >= 15 is 0 Å². The predicted molar refractivity (Wildman–Crippen MR) is 134 cm³/mol. The Hall–Kier alpha value is -4.21. The summed E-state index contributed by atoms with van der Waals surface area (Å²) >= 11 is 0. The number of nitrogens with one attached hydrogen (secondary N) is 1. The normalized spacial score (nSPS) is 12.1. The van der Waals surface area contributed by atoms with E-state index in [2.05, 4.69) is 30.0 Å². The van der Waals surface area contributed by atoms with Crippen LogP contribution in [0.5, 0.6) is 0 Å². The Morgan fingerprint density at radius 1 is 1.03 bits per heavy atom. The van der Waals surface area contributed by atoms with E-state index in [0.717, 1.165) is 27.4 Å². The van der Waals surface area contributed by atoms with E-state index in [1.807, 2.05) is 18.2 Å². The number of fused-ring (bicyclic) bond motifs is 1. The second-order valence-corrected chi connectivity index (χ2v) is 9.36. The van der Waals surface area contributed by atoms with E-state index in [1.165, 1.54) is 6.92 Å². The van der Waals surface area contributed by atoms with Gasteiger partial charge in [0.2, 0.25) is 5.62 Å². The van der Waals surface area contributed by atoms with Crippen molar-refractivity contribution in [3.05, 3.63) is 88.9 Å². The van der Waals surface area contributed by atoms with Crippen LogP contribution in [0.1, 0.15) is 42.3 Å². The molecule has 5 aromatic rings. The second kappa shape index (κ2) is 9.02. The zero-order valence-corrected chi connectivity index (χ0v) is 20.9. The quantitative estimate of drug-likeness (QED) is 0.338. The molecule has 5 rings (SSSR count). The van der Waals surface area contributed by atoms with Gasteiger partial charge >= 0.3 is 6.18 Å². The van der Waals surface area contributed by atoms with Gasteiger partial charge in [-0.25, -0.2) is 14.6 Å². The van der Waals surface area contributed by atoms with Gasteiger partial charge in [0.15, 0.2) is 11.5 Å². The minimum atomic E-state index is -4.51. The van der Waals surface area contributed by atoms with Crippen molar-refractivity contribution in [3.8, 4) is 17.1 Å². The number of aromatic nitrogens is 6. The fourth-order valence-corrected chi connectivity index (χ4v) is 4.50. The monoisotopic (exact) mass is 505 g/mol. The molecule has 0 amide bonds. The van der Waals surface area contributed by atoms with Gasteiger partial charge in [0.1, 0.15) is 11.2 Å². The topological polar surface area (TPSA) is 77.3 Å². The molecule has 0 unspecified atom stereocenters. The summed E-state index contributed by atoms with van der Waals surface area (Å²) < 4.78 is 44.7. The molecule has 3 heterocycles. The Balaban J connectivity index is 1.53. The lowest BCUT2D eigenvalue weighted by Crippen LogP contribution is -2.23. The van der Waals surface area contributed by atoms with Gasteiger partial charge in [-0.3, -0.25) is 9.98 Å². The van der Waals surface area contributed by atoms with Crippen LogP contribution >= 0.6 is 0 Å². The standard InChI is InChI=1S/C27H26F3N7/c1-16(2)20-7-5-6-8-21(20)24-32-14-22-25(33-24)36(26(31)35(22)4)15-18-9-11-19(12-10-18)37-23(27(28,29)30)13-17(3)34-37/h5-14,16,31H,15H2,1-4H3. The number of alkyl halides is 3. The number of hydrogen-bond donors (Lipinski definition) is 1. The molecule has 2 aromatic carbocycles. The number of hydrogen-bond acceptors (Lipinski definition) is 4. The highest BCUT2D eigenvalue weighted by molar-refractivity contribution is 5.74. The molecular weight excluding hydrogens is 479 g/mol. The van der Waals surface area contributed by atoms with Gasteiger partial charge in [0, 0.05) is 12.6 Å². The van der Waals surface area contributed by atoms with Crippen molar-refractivity contribution in [2.45, 2.75) is 39.4 Å². The second-order valence-electron chi connectivity index (χ2n) is 9.36. The molecule has 0 spiro atoms. The van der Waals surface area contributed by atoms with E-state index in [1.54, 1.807) is 46.6 Å². The third-order valence-corrected chi connectivity index (χ3v) is 6.41. The van der Waals surface area contributed by atoms with Crippen molar-refractivity contribution >= 4 is 11.2 Å². The summed E-state index contributed by atoms with van der Waals surface area (Å²) in [6.07, 6.45) is -2.78. The summed E-state index contributed by atoms with van der Waals surface area (Å²) in [7, 11) is 1.79. The maximum atomic E-state index is 13.4. The molecule has 0 atom stereocenters. The molecule has 3 aromatic heterocycles. The molecule has 0 saturated carbocycles. The summed E-state index contributed by atoms with van der Waals surface area (Å²) in [6.45, 7) is 6.09. The van der Waals surface area contributed by atoms with Crippen molar-refractivity contribution in [2.24, 2.45) is 7.05 Å². The molecule has 0 bridgehead atoms. The molecule has 0 aliphatic heterocycles. The first-order valence-corrected chi connectivity index (χ1v) is 11.8. The van der Waals surface area contributed by atoms with Gasteiger partial charge in [-0.1, -0.05) is 50.2 Å². The van der Waals surface area contributed by atoms with Gasteiger partial charge in [-0.05, 0) is 42.2 Å². The van der Waals surface area contributed by atoms with Crippen LogP contribution in [0.4, 0.5) is 13.2 Å². The third kappa shape index (κ3) is 4.43. The van der Waals surface area contributed by atoms with Gasteiger partial charge < -0.3 is 4.57 Å². The zero-order chi connectivity index (χ0) is 26.5. The maximum absolute atomic E-state index is 13.4. The fraction of sp³-hybridized carbons (Fsp3) is 0.259. The van der Waals surface area contributed by atoms with Crippen LogP contribution in [0.3, 0.4) is 0 Å². The van der Waals surface area contributed by atoms with E-state index in [4.69, 9.17) is 10.4 Å². The Morgan fingerprint density at radius 3 is 2.41 bits per heavy atom.